The number of nitrogens with one attached hydrogen (secondary N) is 1. The molecule has 1 aliphatic heterocycles. The summed E-state index contributed by atoms with van der Waals surface area (Å²) in [5.74, 6) is 0.196. The van der Waals surface area contributed by atoms with Gasteiger partial charge < -0.3 is 10.2 Å². The maximum Gasteiger partial charge on any atom is 0.228 e. The van der Waals surface area contributed by atoms with Crippen molar-refractivity contribution < 1.29 is 4.79 Å². The summed E-state index contributed by atoms with van der Waals surface area (Å²) in [6.45, 7) is 4.67. The molecular weight excluding hydrogens is 140 g/mol. The topological polar surface area (TPSA) is 32.3 Å². The molecule has 0 fully saturated rings. The Morgan fingerprint density at radius 3 is 3.00 bits per heavy atom. The Kier molecular flexibility index (Phi) is 2.52. The molecule has 0 aromatic carbocycles. The largest absolute Gasteiger partial charge is 0.374 e. The van der Waals surface area contributed by atoms with Crippen molar-refractivity contribution >= 4 is 5.91 Å². The summed E-state index contributed by atoms with van der Waals surface area (Å²) in [5, 5.41) is 3.03. The molecule has 1 N–H and O–H groups in total. The van der Waals surface area contributed by atoms with E-state index < -0.39 is 0 Å². The van der Waals surface area contributed by atoms with Crippen LogP contribution in [-0.4, -0.2) is 23.5 Å². The number of amides is 1. The fourth-order valence-electron chi connectivity index (χ4n) is 1.07. The van der Waals surface area contributed by atoms with Gasteiger partial charge in [-0.3, -0.25) is 4.79 Å². The van der Waals surface area contributed by atoms with Crippen LogP contribution in [0.2, 0.25) is 0 Å². The molecule has 0 aliphatic carbocycles. The molecule has 1 heterocycles. The number of carbonyl (C=O) groups is 1. The van der Waals surface area contributed by atoms with Crippen LogP contribution < -0.4 is 5.32 Å². The lowest BCUT2D eigenvalue weighted by atomic mass is 10.3. The molecule has 0 saturated carbocycles. The van der Waals surface area contributed by atoms with Crippen LogP contribution in [0.25, 0.3) is 0 Å². The molecule has 0 spiro atoms. The van der Waals surface area contributed by atoms with E-state index in [2.05, 4.69) is 5.32 Å². The highest BCUT2D eigenvalue weighted by molar-refractivity contribution is 5.78. The zero-order chi connectivity index (χ0) is 8.27. The van der Waals surface area contributed by atoms with Crippen LogP contribution in [0.3, 0.4) is 0 Å². The zero-order valence-electron chi connectivity index (χ0n) is 7.00. The Bertz CT molecular complexity index is 175. The lowest BCUT2D eigenvalue weighted by Gasteiger charge is -2.24. The molecule has 3 heteroatoms. The van der Waals surface area contributed by atoms with E-state index in [0.29, 0.717) is 13.1 Å². The van der Waals surface area contributed by atoms with Crippen molar-refractivity contribution in [2.75, 3.05) is 6.67 Å². The van der Waals surface area contributed by atoms with Gasteiger partial charge in [0.2, 0.25) is 5.91 Å². The fourth-order valence-corrected chi connectivity index (χ4v) is 1.07. The first-order valence-corrected chi connectivity index (χ1v) is 3.89. The second kappa shape index (κ2) is 3.42. The molecule has 0 unspecified atom stereocenters. The predicted octanol–water partition coefficient (Wildman–Crippen LogP) is 0.688. The standard InChI is InChI=1S/C8H14N2O/c1-7(2)10-6-9-5-3-4-8(10)11/h3,5,7,9H,4,6H2,1-2H3. The highest BCUT2D eigenvalue weighted by atomic mass is 16.2. The van der Waals surface area contributed by atoms with Gasteiger partial charge in [0.1, 0.15) is 0 Å². The van der Waals surface area contributed by atoms with Crippen LogP contribution >= 0.6 is 0 Å². The highest BCUT2D eigenvalue weighted by Crippen LogP contribution is 2.02. The van der Waals surface area contributed by atoms with Gasteiger partial charge in [-0.1, -0.05) is 6.08 Å². The molecule has 3 nitrogen and oxygen atoms in total. The summed E-state index contributed by atoms with van der Waals surface area (Å²) in [6.07, 6.45) is 4.20. The monoisotopic (exact) mass is 154 g/mol. The van der Waals surface area contributed by atoms with Gasteiger partial charge in [-0.2, -0.15) is 0 Å². The maximum atomic E-state index is 11.3. The summed E-state index contributed by atoms with van der Waals surface area (Å²) in [5.41, 5.74) is 0. The third kappa shape index (κ3) is 1.97. The Labute approximate surface area is 67.1 Å². The van der Waals surface area contributed by atoms with Crippen LogP contribution in [0.4, 0.5) is 0 Å². The van der Waals surface area contributed by atoms with Gasteiger partial charge in [-0.05, 0) is 20.0 Å². The molecule has 0 atom stereocenters. The lowest BCUT2D eigenvalue weighted by Crippen LogP contribution is -2.40. The van der Waals surface area contributed by atoms with Gasteiger partial charge in [0.15, 0.2) is 0 Å². The van der Waals surface area contributed by atoms with E-state index in [-0.39, 0.29) is 11.9 Å². The van der Waals surface area contributed by atoms with Crippen molar-refractivity contribution in [3.8, 4) is 0 Å². The molecule has 1 amide bonds. The van der Waals surface area contributed by atoms with Crippen molar-refractivity contribution in [1.29, 1.82) is 0 Å². The third-order valence-corrected chi connectivity index (χ3v) is 1.73. The molecule has 1 aliphatic rings. The van der Waals surface area contributed by atoms with Gasteiger partial charge >= 0.3 is 0 Å². The molecule has 0 bridgehead atoms. The number of hydrogen-bond acceptors (Lipinski definition) is 2. The van der Waals surface area contributed by atoms with Crippen molar-refractivity contribution in [2.45, 2.75) is 26.3 Å². The van der Waals surface area contributed by atoms with E-state index in [0.717, 1.165) is 0 Å². The molecule has 0 aromatic rings. The predicted molar refractivity (Wildman–Crippen MR) is 43.7 cm³/mol. The van der Waals surface area contributed by atoms with Crippen molar-refractivity contribution in [3.63, 3.8) is 0 Å². The van der Waals surface area contributed by atoms with Gasteiger partial charge in [0.25, 0.3) is 0 Å². The van der Waals surface area contributed by atoms with Gasteiger partial charge in [-0.25, -0.2) is 0 Å². The van der Waals surface area contributed by atoms with E-state index in [4.69, 9.17) is 0 Å². The zero-order valence-corrected chi connectivity index (χ0v) is 7.00. The maximum absolute atomic E-state index is 11.3. The Morgan fingerprint density at radius 2 is 2.36 bits per heavy atom. The average Bonchev–Trinajstić information content (AvgIpc) is 2.13. The smallest absolute Gasteiger partial charge is 0.228 e. The fraction of sp³-hybridized carbons (Fsp3) is 0.625. The molecule has 0 aromatic heterocycles. The van der Waals surface area contributed by atoms with Gasteiger partial charge in [0.05, 0.1) is 6.67 Å². The highest BCUT2D eigenvalue weighted by Gasteiger charge is 2.15. The van der Waals surface area contributed by atoms with Crippen LogP contribution in [0.5, 0.6) is 0 Å². The molecule has 11 heavy (non-hydrogen) atoms. The van der Waals surface area contributed by atoms with E-state index in [1.165, 1.54) is 0 Å². The molecule has 1 rings (SSSR count). The third-order valence-electron chi connectivity index (χ3n) is 1.73. The first kappa shape index (κ1) is 8.11. The lowest BCUT2D eigenvalue weighted by molar-refractivity contribution is -0.131. The van der Waals surface area contributed by atoms with E-state index in [9.17, 15) is 4.79 Å². The Morgan fingerprint density at radius 1 is 1.64 bits per heavy atom. The minimum Gasteiger partial charge on any atom is -0.374 e. The summed E-state index contributed by atoms with van der Waals surface area (Å²) >= 11 is 0. The normalized spacial score (nSPS) is 18.5. The Balaban J connectivity index is 2.58. The van der Waals surface area contributed by atoms with Crippen LogP contribution in [0, 0.1) is 0 Å². The van der Waals surface area contributed by atoms with Crippen molar-refractivity contribution in [1.82, 2.24) is 10.2 Å². The van der Waals surface area contributed by atoms with Gasteiger partial charge in [-0.15, -0.1) is 0 Å². The van der Waals surface area contributed by atoms with Crippen molar-refractivity contribution in [3.05, 3.63) is 12.3 Å². The van der Waals surface area contributed by atoms with E-state index >= 15 is 0 Å². The summed E-state index contributed by atoms with van der Waals surface area (Å²) in [7, 11) is 0. The van der Waals surface area contributed by atoms with Crippen molar-refractivity contribution in [2.24, 2.45) is 0 Å². The minimum absolute atomic E-state index is 0.196. The number of nitrogens with zero attached hydrogens (tertiary/aromatic N) is 1. The molecule has 0 saturated heterocycles. The Hall–Kier alpha value is -0.990. The second-order valence-electron chi connectivity index (χ2n) is 2.93. The SMILES string of the molecule is CC(C)N1CNC=CCC1=O. The average molecular weight is 154 g/mol. The first-order valence-electron chi connectivity index (χ1n) is 3.89. The summed E-state index contributed by atoms with van der Waals surface area (Å²) in [4.78, 5) is 13.1. The molecule has 62 valence electrons. The quantitative estimate of drug-likeness (QED) is 0.602. The van der Waals surface area contributed by atoms with E-state index in [1.807, 2.05) is 31.0 Å². The number of hydrogen-bond donors (Lipinski definition) is 1. The van der Waals surface area contributed by atoms with Crippen LogP contribution in [0.1, 0.15) is 20.3 Å². The van der Waals surface area contributed by atoms with E-state index in [1.54, 1.807) is 0 Å². The second-order valence-corrected chi connectivity index (χ2v) is 2.93. The van der Waals surface area contributed by atoms with Crippen LogP contribution in [-0.2, 0) is 4.79 Å². The minimum atomic E-state index is 0.196. The molecular formula is C8H14N2O. The number of carbonyl (C=O) groups excluding carboxylic acids is 1. The molecule has 0 radical (unpaired) electrons. The van der Waals surface area contributed by atoms with Crippen LogP contribution in [0.15, 0.2) is 12.3 Å². The first-order chi connectivity index (χ1) is 5.22. The number of rotatable bonds is 1. The van der Waals surface area contributed by atoms with Gasteiger partial charge in [0, 0.05) is 12.5 Å². The summed E-state index contributed by atoms with van der Waals surface area (Å²) < 4.78 is 0. The summed E-state index contributed by atoms with van der Waals surface area (Å²) in [6, 6.07) is 0.287.